The van der Waals surface area contributed by atoms with E-state index in [1.165, 1.54) is 0 Å². The van der Waals surface area contributed by atoms with E-state index in [-0.39, 0.29) is 11.7 Å². The molecule has 1 heterocycles. The van der Waals surface area contributed by atoms with Crippen molar-refractivity contribution in [3.63, 3.8) is 0 Å². The van der Waals surface area contributed by atoms with Crippen LogP contribution in [-0.4, -0.2) is 33.1 Å². The molecule has 0 spiro atoms. The Hall–Kier alpha value is -0.120. The average Bonchev–Trinajstić information content (AvgIpc) is 2.37. The van der Waals surface area contributed by atoms with Crippen LogP contribution in [0.3, 0.4) is 0 Å². The molecule has 0 amide bonds. The SMILES string of the molecule is CNCC(C)(C)C1OCCO1. The minimum atomic E-state index is -0.0325. The fourth-order valence-electron chi connectivity index (χ4n) is 1.35. The summed E-state index contributed by atoms with van der Waals surface area (Å²) in [7, 11) is 1.94. The van der Waals surface area contributed by atoms with Crippen LogP contribution in [0.5, 0.6) is 0 Å². The van der Waals surface area contributed by atoms with E-state index in [2.05, 4.69) is 19.2 Å². The third kappa shape index (κ3) is 2.15. The van der Waals surface area contributed by atoms with E-state index >= 15 is 0 Å². The standard InChI is InChI=1S/C8H17NO2/c1-8(2,6-9-3)7-10-4-5-11-7/h7,9H,4-6H2,1-3H3. The van der Waals surface area contributed by atoms with Crippen LogP contribution in [0.25, 0.3) is 0 Å². The van der Waals surface area contributed by atoms with Crippen molar-refractivity contribution in [3.8, 4) is 0 Å². The largest absolute Gasteiger partial charge is 0.350 e. The van der Waals surface area contributed by atoms with E-state index in [0.717, 1.165) is 19.8 Å². The fraction of sp³-hybridized carbons (Fsp3) is 1.00. The number of hydrogen-bond acceptors (Lipinski definition) is 3. The molecule has 3 heteroatoms. The van der Waals surface area contributed by atoms with Gasteiger partial charge in [0.05, 0.1) is 13.2 Å². The molecule has 66 valence electrons. The molecule has 0 atom stereocenters. The lowest BCUT2D eigenvalue weighted by Gasteiger charge is -2.29. The molecule has 1 aliphatic heterocycles. The van der Waals surface area contributed by atoms with Crippen LogP contribution < -0.4 is 5.32 Å². The summed E-state index contributed by atoms with van der Waals surface area (Å²) in [5.74, 6) is 0. The van der Waals surface area contributed by atoms with Crippen LogP contribution in [0.4, 0.5) is 0 Å². The molecule has 11 heavy (non-hydrogen) atoms. The number of nitrogens with one attached hydrogen (secondary N) is 1. The van der Waals surface area contributed by atoms with Crippen molar-refractivity contribution >= 4 is 0 Å². The molecule has 1 N–H and O–H groups in total. The Morgan fingerprint density at radius 1 is 1.36 bits per heavy atom. The molecule has 1 aliphatic rings. The molecule has 0 aromatic heterocycles. The van der Waals surface area contributed by atoms with Crippen molar-refractivity contribution in [1.29, 1.82) is 0 Å². The van der Waals surface area contributed by atoms with Gasteiger partial charge < -0.3 is 14.8 Å². The Bertz CT molecular complexity index is 119. The van der Waals surface area contributed by atoms with Crippen LogP contribution >= 0.6 is 0 Å². The summed E-state index contributed by atoms with van der Waals surface area (Å²) in [5, 5.41) is 3.12. The molecule has 0 bridgehead atoms. The van der Waals surface area contributed by atoms with E-state index in [1.807, 2.05) is 7.05 Å². The van der Waals surface area contributed by atoms with Crippen molar-refractivity contribution in [3.05, 3.63) is 0 Å². The summed E-state index contributed by atoms with van der Waals surface area (Å²) in [6.07, 6.45) is -0.0325. The van der Waals surface area contributed by atoms with E-state index in [9.17, 15) is 0 Å². The van der Waals surface area contributed by atoms with E-state index < -0.39 is 0 Å². The highest BCUT2D eigenvalue weighted by molar-refractivity contribution is 4.76. The van der Waals surface area contributed by atoms with Crippen molar-refractivity contribution < 1.29 is 9.47 Å². The van der Waals surface area contributed by atoms with Crippen molar-refractivity contribution in [2.75, 3.05) is 26.8 Å². The Labute approximate surface area is 68.1 Å². The van der Waals surface area contributed by atoms with Gasteiger partial charge in [-0.1, -0.05) is 13.8 Å². The van der Waals surface area contributed by atoms with Crippen LogP contribution in [0.2, 0.25) is 0 Å². The second-order valence-corrected chi connectivity index (χ2v) is 3.59. The zero-order valence-electron chi connectivity index (χ0n) is 7.52. The molecular formula is C8H17NO2. The van der Waals surface area contributed by atoms with Gasteiger partial charge in [0.1, 0.15) is 0 Å². The van der Waals surface area contributed by atoms with E-state index in [4.69, 9.17) is 9.47 Å². The average molecular weight is 159 g/mol. The van der Waals surface area contributed by atoms with E-state index in [1.54, 1.807) is 0 Å². The smallest absolute Gasteiger partial charge is 0.164 e. The summed E-state index contributed by atoms with van der Waals surface area (Å²) in [6, 6.07) is 0. The van der Waals surface area contributed by atoms with Crippen molar-refractivity contribution in [2.24, 2.45) is 5.41 Å². The minimum absolute atomic E-state index is 0.0325. The summed E-state index contributed by atoms with van der Waals surface area (Å²) < 4.78 is 10.8. The first-order valence-corrected chi connectivity index (χ1v) is 4.04. The third-order valence-electron chi connectivity index (χ3n) is 1.89. The van der Waals surface area contributed by atoms with Crippen molar-refractivity contribution in [2.45, 2.75) is 20.1 Å². The lowest BCUT2D eigenvalue weighted by molar-refractivity contribution is -0.117. The predicted molar refractivity (Wildman–Crippen MR) is 43.4 cm³/mol. The van der Waals surface area contributed by atoms with Gasteiger partial charge >= 0.3 is 0 Å². The number of ether oxygens (including phenoxy) is 2. The Kier molecular flexibility index (Phi) is 2.87. The van der Waals surface area contributed by atoms with E-state index in [0.29, 0.717) is 0 Å². The van der Waals surface area contributed by atoms with Gasteiger partial charge in [0, 0.05) is 12.0 Å². The fourth-order valence-corrected chi connectivity index (χ4v) is 1.35. The molecule has 3 nitrogen and oxygen atoms in total. The first-order valence-electron chi connectivity index (χ1n) is 4.04. The van der Waals surface area contributed by atoms with Gasteiger partial charge in [-0.3, -0.25) is 0 Å². The molecule has 0 aliphatic carbocycles. The van der Waals surface area contributed by atoms with Crippen LogP contribution in [0.1, 0.15) is 13.8 Å². The van der Waals surface area contributed by atoms with Gasteiger partial charge in [0.15, 0.2) is 6.29 Å². The van der Waals surface area contributed by atoms with Gasteiger partial charge in [0.2, 0.25) is 0 Å². The van der Waals surface area contributed by atoms with Gasteiger partial charge in [-0.15, -0.1) is 0 Å². The third-order valence-corrected chi connectivity index (χ3v) is 1.89. The molecule has 1 rings (SSSR count). The molecular weight excluding hydrogens is 142 g/mol. The molecule has 0 aromatic carbocycles. The zero-order chi connectivity index (χ0) is 8.32. The topological polar surface area (TPSA) is 30.5 Å². The maximum Gasteiger partial charge on any atom is 0.164 e. The summed E-state index contributed by atoms with van der Waals surface area (Å²) in [4.78, 5) is 0. The highest BCUT2D eigenvalue weighted by Crippen LogP contribution is 2.25. The monoisotopic (exact) mass is 159 g/mol. The Balaban J connectivity index is 2.41. The second kappa shape index (κ2) is 3.52. The van der Waals surface area contributed by atoms with Crippen LogP contribution in [0, 0.1) is 5.41 Å². The van der Waals surface area contributed by atoms with Crippen molar-refractivity contribution in [1.82, 2.24) is 5.32 Å². The minimum Gasteiger partial charge on any atom is -0.350 e. The van der Waals surface area contributed by atoms with Gasteiger partial charge in [-0.2, -0.15) is 0 Å². The highest BCUT2D eigenvalue weighted by atomic mass is 16.7. The maximum atomic E-state index is 5.41. The quantitative estimate of drug-likeness (QED) is 0.654. The van der Waals surface area contributed by atoms with Crippen LogP contribution in [0.15, 0.2) is 0 Å². The maximum absolute atomic E-state index is 5.41. The second-order valence-electron chi connectivity index (χ2n) is 3.59. The number of rotatable bonds is 3. The van der Waals surface area contributed by atoms with Crippen LogP contribution in [-0.2, 0) is 9.47 Å². The summed E-state index contributed by atoms with van der Waals surface area (Å²) >= 11 is 0. The molecule has 0 aromatic rings. The normalized spacial score (nSPS) is 21.0. The van der Waals surface area contributed by atoms with Gasteiger partial charge in [0.25, 0.3) is 0 Å². The Morgan fingerprint density at radius 3 is 2.36 bits per heavy atom. The molecule has 0 unspecified atom stereocenters. The van der Waals surface area contributed by atoms with Gasteiger partial charge in [-0.25, -0.2) is 0 Å². The summed E-state index contributed by atoms with van der Waals surface area (Å²) in [5.41, 5.74) is 0.0747. The van der Waals surface area contributed by atoms with Gasteiger partial charge in [-0.05, 0) is 7.05 Å². The molecule has 0 radical (unpaired) electrons. The summed E-state index contributed by atoms with van der Waals surface area (Å²) in [6.45, 7) is 6.66. The number of hydrogen-bond donors (Lipinski definition) is 1. The first-order chi connectivity index (χ1) is 5.17. The molecule has 0 saturated carbocycles. The molecule has 1 saturated heterocycles. The Morgan fingerprint density at radius 2 is 1.91 bits per heavy atom. The lowest BCUT2D eigenvalue weighted by Crippen LogP contribution is -2.38. The zero-order valence-corrected chi connectivity index (χ0v) is 7.52. The highest BCUT2D eigenvalue weighted by Gasteiger charge is 2.33. The molecule has 1 fully saturated rings. The lowest BCUT2D eigenvalue weighted by atomic mass is 9.93. The first kappa shape index (κ1) is 8.97. The predicted octanol–water partition coefficient (Wildman–Crippen LogP) is 0.605.